The molecule has 2 heterocycles. The molecule has 1 fully saturated rings. The minimum absolute atomic E-state index is 0.556. The van der Waals surface area contributed by atoms with Crippen molar-refractivity contribution in [3.63, 3.8) is 0 Å². The number of hydrogen-bond acceptors (Lipinski definition) is 3. The van der Waals surface area contributed by atoms with Gasteiger partial charge in [-0.2, -0.15) is 5.10 Å². The highest BCUT2D eigenvalue weighted by molar-refractivity contribution is 5.56. The molecule has 0 saturated heterocycles. The highest BCUT2D eigenvalue weighted by Gasteiger charge is 2.18. The molecular weight excluding hydrogens is 260 g/mol. The van der Waals surface area contributed by atoms with Crippen molar-refractivity contribution in [2.45, 2.75) is 51.5 Å². The molecule has 0 aromatic carbocycles. The van der Waals surface area contributed by atoms with Gasteiger partial charge in [0.05, 0.1) is 5.69 Å². The third kappa shape index (κ3) is 3.43. The lowest BCUT2D eigenvalue weighted by atomic mass is 9.98. The van der Waals surface area contributed by atoms with Crippen LogP contribution in [0.5, 0.6) is 0 Å². The van der Waals surface area contributed by atoms with Crippen molar-refractivity contribution in [2.24, 2.45) is 5.92 Å². The van der Waals surface area contributed by atoms with Crippen molar-refractivity contribution in [3.05, 3.63) is 36.8 Å². The predicted molar refractivity (Wildman–Crippen MR) is 85.6 cm³/mol. The minimum Gasteiger partial charge on any atom is -0.379 e. The number of anilines is 1. The lowest BCUT2D eigenvalue weighted by Crippen LogP contribution is -2.20. The maximum atomic E-state index is 4.48. The van der Waals surface area contributed by atoms with E-state index in [9.17, 15) is 0 Å². The fourth-order valence-electron chi connectivity index (χ4n) is 3.24. The molecule has 112 valence electrons. The molecule has 0 aliphatic heterocycles. The van der Waals surface area contributed by atoms with Gasteiger partial charge in [-0.05, 0) is 43.4 Å². The molecule has 21 heavy (non-hydrogen) atoms. The van der Waals surface area contributed by atoms with E-state index in [1.54, 1.807) is 6.20 Å². The number of pyridine rings is 1. The van der Waals surface area contributed by atoms with E-state index in [2.05, 4.69) is 28.4 Å². The number of hydrogen-bond donors (Lipinski definition) is 1. The van der Waals surface area contributed by atoms with Gasteiger partial charge in [0, 0.05) is 24.6 Å². The Morgan fingerprint density at radius 1 is 1.19 bits per heavy atom. The first-order chi connectivity index (χ1) is 10.4. The van der Waals surface area contributed by atoms with E-state index in [-0.39, 0.29) is 0 Å². The topological polar surface area (TPSA) is 42.7 Å². The summed E-state index contributed by atoms with van der Waals surface area (Å²) in [6.45, 7) is 2.31. The predicted octanol–water partition coefficient (Wildman–Crippen LogP) is 4.04. The first-order valence-electron chi connectivity index (χ1n) is 8.08. The summed E-state index contributed by atoms with van der Waals surface area (Å²) in [4.78, 5) is 4.48. The molecule has 1 aliphatic rings. The maximum absolute atomic E-state index is 4.48. The first kappa shape index (κ1) is 14.1. The monoisotopic (exact) mass is 284 g/mol. The smallest absolute Gasteiger partial charge is 0.176 e. The van der Waals surface area contributed by atoms with Crippen LogP contribution in [-0.2, 0) is 0 Å². The number of nitrogens with zero attached hydrogens (tertiary/aromatic N) is 3. The molecule has 0 radical (unpaired) electrons. The quantitative estimate of drug-likeness (QED) is 0.862. The van der Waals surface area contributed by atoms with Crippen LogP contribution in [0.25, 0.3) is 5.82 Å². The molecule has 2 atom stereocenters. The molecule has 3 rings (SSSR count). The second kappa shape index (κ2) is 6.74. The van der Waals surface area contributed by atoms with E-state index in [4.69, 9.17) is 0 Å². The Morgan fingerprint density at radius 2 is 2.14 bits per heavy atom. The van der Waals surface area contributed by atoms with E-state index in [0.717, 1.165) is 17.4 Å². The summed E-state index contributed by atoms with van der Waals surface area (Å²) in [7, 11) is 0. The lowest BCUT2D eigenvalue weighted by molar-refractivity contribution is 0.444. The average Bonchev–Trinajstić information content (AvgIpc) is 2.95. The summed E-state index contributed by atoms with van der Waals surface area (Å²) in [5, 5.41) is 8.00. The summed E-state index contributed by atoms with van der Waals surface area (Å²) in [6.07, 6.45) is 13.4. The van der Waals surface area contributed by atoms with E-state index >= 15 is 0 Å². The van der Waals surface area contributed by atoms with Gasteiger partial charge in [0.25, 0.3) is 0 Å². The molecule has 0 bridgehead atoms. The standard InChI is InChI=1S/C17H24N4/c1-2-14-6-3-7-15(10-9-14)20-16-8-4-11-18-17(16)21-13-5-12-19-21/h4-5,8,11-15,20H,2-3,6-7,9-10H2,1H3. The van der Waals surface area contributed by atoms with Gasteiger partial charge in [0.2, 0.25) is 0 Å². The van der Waals surface area contributed by atoms with Gasteiger partial charge in [0.15, 0.2) is 5.82 Å². The molecule has 0 amide bonds. The van der Waals surface area contributed by atoms with Crippen LogP contribution >= 0.6 is 0 Å². The lowest BCUT2D eigenvalue weighted by Gasteiger charge is -2.19. The number of nitrogens with one attached hydrogen (secondary N) is 1. The second-order valence-corrected chi connectivity index (χ2v) is 5.95. The zero-order valence-corrected chi connectivity index (χ0v) is 12.7. The van der Waals surface area contributed by atoms with Gasteiger partial charge in [-0.25, -0.2) is 9.67 Å². The Kier molecular flexibility index (Phi) is 4.53. The average molecular weight is 284 g/mol. The molecule has 1 saturated carbocycles. The van der Waals surface area contributed by atoms with Crippen LogP contribution in [0.2, 0.25) is 0 Å². The van der Waals surface area contributed by atoms with Crippen molar-refractivity contribution >= 4 is 5.69 Å². The van der Waals surface area contributed by atoms with E-state index in [1.165, 1.54) is 38.5 Å². The molecule has 2 aromatic heterocycles. The molecule has 4 nitrogen and oxygen atoms in total. The third-order valence-corrected chi connectivity index (χ3v) is 4.53. The van der Waals surface area contributed by atoms with Crippen LogP contribution in [0.3, 0.4) is 0 Å². The summed E-state index contributed by atoms with van der Waals surface area (Å²) in [6, 6.07) is 6.57. The highest BCUT2D eigenvalue weighted by atomic mass is 15.3. The van der Waals surface area contributed by atoms with Crippen molar-refractivity contribution in [2.75, 3.05) is 5.32 Å². The fraction of sp³-hybridized carbons (Fsp3) is 0.529. The molecule has 2 unspecified atom stereocenters. The first-order valence-corrected chi connectivity index (χ1v) is 8.08. The summed E-state index contributed by atoms with van der Waals surface area (Å²) in [5.74, 6) is 1.80. The Morgan fingerprint density at radius 3 is 2.95 bits per heavy atom. The van der Waals surface area contributed by atoms with Crippen LogP contribution in [-0.4, -0.2) is 20.8 Å². The van der Waals surface area contributed by atoms with Crippen molar-refractivity contribution in [1.82, 2.24) is 14.8 Å². The molecule has 1 aliphatic carbocycles. The van der Waals surface area contributed by atoms with Crippen molar-refractivity contribution < 1.29 is 0 Å². The Balaban J connectivity index is 1.73. The number of rotatable bonds is 4. The van der Waals surface area contributed by atoms with E-state index in [0.29, 0.717) is 6.04 Å². The molecule has 2 aromatic rings. The summed E-state index contributed by atoms with van der Waals surface area (Å²) < 4.78 is 1.83. The molecule has 4 heteroatoms. The van der Waals surface area contributed by atoms with Gasteiger partial charge in [-0.15, -0.1) is 0 Å². The molecule has 1 N–H and O–H groups in total. The Bertz CT molecular complexity index is 550. The van der Waals surface area contributed by atoms with Gasteiger partial charge in [-0.1, -0.05) is 26.2 Å². The Labute approximate surface area is 126 Å². The van der Waals surface area contributed by atoms with Crippen LogP contribution in [0.15, 0.2) is 36.8 Å². The van der Waals surface area contributed by atoms with E-state index < -0.39 is 0 Å². The number of aromatic nitrogens is 3. The second-order valence-electron chi connectivity index (χ2n) is 5.95. The summed E-state index contributed by atoms with van der Waals surface area (Å²) >= 11 is 0. The zero-order chi connectivity index (χ0) is 14.5. The van der Waals surface area contributed by atoms with E-state index in [1.807, 2.05) is 29.2 Å². The highest BCUT2D eigenvalue weighted by Crippen LogP contribution is 2.28. The maximum Gasteiger partial charge on any atom is 0.176 e. The minimum atomic E-state index is 0.556. The molecule has 0 spiro atoms. The van der Waals surface area contributed by atoms with Crippen molar-refractivity contribution in [3.8, 4) is 5.82 Å². The SMILES string of the molecule is CCC1CCCC(Nc2cccnc2-n2cccn2)CC1. The van der Waals surface area contributed by atoms with Crippen LogP contribution in [0, 0.1) is 5.92 Å². The van der Waals surface area contributed by atoms with Gasteiger partial charge in [0.1, 0.15) is 0 Å². The Hall–Kier alpha value is -1.84. The fourth-order valence-corrected chi connectivity index (χ4v) is 3.24. The largest absolute Gasteiger partial charge is 0.379 e. The van der Waals surface area contributed by atoms with Crippen molar-refractivity contribution in [1.29, 1.82) is 0 Å². The summed E-state index contributed by atoms with van der Waals surface area (Å²) in [5.41, 5.74) is 1.08. The van der Waals surface area contributed by atoms with Crippen LogP contribution < -0.4 is 5.32 Å². The van der Waals surface area contributed by atoms with Gasteiger partial charge >= 0.3 is 0 Å². The molecular formula is C17H24N4. The van der Waals surface area contributed by atoms with Crippen LogP contribution in [0.4, 0.5) is 5.69 Å². The zero-order valence-electron chi connectivity index (χ0n) is 12.7. The van der Waals surface area contributed by atoms with Gasteiger partial charge < -0.3 is 5.32 Å². The normalized spacial score (nSPS) is 22.7. The van der Waals surface area contributed by atoms with Crippen LogP contribution in [0.1, 0.15) is 45.4 Å². The third-order valence-electron chi connectivity index (χ3n) is 4.53. The van der Waals surface area contributed by atoms with Gasteiger partial charge in [-0.3, -0.25) is 0 Å².